The topological polar surface area (TPSA) is 97.7 Å². The maximum atomic E-state index is 13.3. The van der Waals surface area contributed by atoms with Gasteiger partial charge in [0.15, 0.2) is 5.78 Å². The largest absolute Gasteiger partial charge is 0.465 e. The Labute approximate surface area is 201 Å². The Bertz CT molecular complexity index is 1340. The molecule has 1 aliphatic heterocycles. The maximum Gasteiger partial charge on any atom is 0.337 e. The van der Waals surface area contributed by atoms with Gasteiger partial charge >= 0.3 is 12.0 Å². The van der Waals surface area contributed by atoms with Crippen LogP contribution < -0.4 is 5.32 Å². The molecule has 35 heavy (non-hydrogen) atoms. The summed E-state index contributed by atoms with van der Waals surface area (Å²) in [6.07, 6.45) is 0. The van der Waals surface area contributed by atoms with Crippen LogP contribution in [0.25, 0.3) is 5.69 Å². The summed E-state index contributed by atoms with van der Waals surface area (Å²) in [5.74, 6) is -1.90. The third kappa shape index (κ3) is 4.09. The molecular weight excluding hydrogens is 453 g/mol. The van der Waals surface area contributed by atoms with Crippen LogP contribution in [0.2, 0.25) is 0 Å². The van der Waals surface area contributed by atoms with Gasteiger partial charge in [-0.05, 0) is 68.8 Å². The Balaban J connectivity index is 1.58. The molecule has 1 aliphatic rings. The average molecular weight is 477 g/mol. The highest BCUT2D eigenvalue weighted by Gasteiger charge is 2.49. The first-order chi connectivity index (χ1) is 16.6. The van der Waals surface area contributed by atoms with E-state index in [1.54, 1.807) is 37.3 Å². The van der Waals surface area contributed by atoms with E-state index < -0.39 is 41.6 Å². The van der Waals surface area contributed by atoms with Crippen LogP contribution in [0.4, 0.5) is 9.18 Å². The molecule has 0 spiro atoms. The molecule has 4 rings (SSSR count). The number of esters is 1. The number of hydrogen-bond donors (Lipinski definition) is 1. The van der Waals surface area contributed by atoms with E-state index in [0.29, 0.717) is 22.4 Å². The number of rotatable bonds is 6. The number of ether oxygens (including phenoxy) is 1. The highest BCUT2D eigenvalue weighted by molar-refractivity contribution is 6.11. The number of methoxy groups -OCH3 is 1. The number of urea groups is 1. The van der Waals surface area contributed by atoms with Crippen LogP contribution in [0.3, 0.4) is 0 Å². The molecule has 0 bridgehead atoms. The number of imide groups is 1. The number of halogens is 1. The zero-order valence-corrected chi connectivity index (χ0v) is 19.7. The molecule has 2 heterocycles. The molecule has 1 fully saturated rings. The van der Waals surface area contributed by atoms with E-state index in [1.165, 1.54) is 38.3 Å². The van der Waals surface area contributed by atoms with Crippen molar-refractivity contribution in [1.29, 1.82) is 0 Å². The van der Waals surface area contributed by atoms with Gasteiger partial charge in [0.1, 0.15) is 11.4 Å². The Kier molecular flexibility index (Phi) is 6.02. The minimum Gasteiger partial charge on any atom is -0.465 e. The molecule has 0 unspecified atom stereocenters. The predicted octanol–water partition coefficient (Wildman–Crippen LogP) is 3.67. The number of hydrogen-bond acceptors (Lipinski definition) is 5. The molecule has 2 aromatic carbocycles. The summed E-state index contributed by atoms with van der Waals surface area (Å²) in [4.78, 5) is 51.5. The number of nitrogens with zero attached hydrogens (tertiary/aromatic N) is 2. The minimum atomic E-state index is -1.40. The molecule has 1 aromatic heterocycles. The Morgan fingerprint density at radius 1 is 1.03 bits per heavy atom. The van der Waals surface area contributed by atoms with Crippen LogP contribution in [0, 0.1) is 19.7 Å². The lowest BCUT2D eigenvalue weighted by atomic mass is 9.92. The number of Topliss-reactive ketones (excluding diaryl/α,β-unsaturated/α-hetero) is 1. The lowest BCUT2D eigenvalue weighted by Gasteiger charge is -2.22. The zero-order chi connectivity index (χ0) is 25.5. The second-order valence-corrected chi connectivity index (χ2v) is 8.54. The molecule has 3 amide bonds. The van der Waals surface area contributed by atoms with Gasteiger partial charge in [0.2, 0.25) is 0 Å². The molecule has 180 valence electrons. The third-order valence-corrected chi connectivity index (χ3v) is 6.28. The fourth-order valence-electron chi connectivity index (χ4n) is 4.36. The van der Waals surface area contributed by atoms with Gasteiger partial charge in [-0.3, -0.25) is 14.5 Å². The first kappa shape index (κ1) is 23.9. The molecule has 9 heteroatoms. The van der Waals surface area contributed by atoms with E-state index in [1.807, 2.05) is 11.5 Å². The number of nitrogens with one attached hydrogen (secondary N) is 1. The minimum absolute atomic E-state index is 0.371. The smallest absolute Gasteiger partial charge is 0.337 e. The first-order valence-corrected chi connectivity index (χ1v) is 10.9. The zero-order valence-electron chi connectivity index (χ0n) is 19.7. The van der Waals surface area contributed by atoms with Gasteiger partial charge in [-0.1, -0.05) is 12.1 Å². The number of carbonyl (C=O) groups excluding carboxylic acids is 4. The monoisotopic (exact) mass is 477 g/mol. The van der Waals surface area contributed by atoms with Crippen LogP contribution in [0.1, 0.15) is 44.6 Å². The van der Waals surface area contributed by atoms with Crippen molar-refractivity contribution >= 4 is 23.7 Å². The molecule has 1 N–H and O–H groups in total. The number of aromatic nitrogens is 1. The van der Waals surface area contributed by atoms with Gasteiger partial charge in [0, 0.05) is 22.6 Å². The fourth-order valence-corrected chi connectivity index (χ4v) is 4.36. The molecule has 0 radical (unpaired) electrons. The maximum absolute atomic E-state index is 13.3. The molecule has 0 saturated carbocycles. The molecule has 0 aliphatic carbocycles. The summed E-state index contributed by atoms with van der Waals surface area (Å²) in [6, 6.07) is 13.0. The number of ketones is 1. The van der Waals surface area contributed by atoms with Crippen LogP contribution in [0.5, 0.6) is 0 Å². The summed E-state index contributed by atoms with van der Waals surface area (Å²) >= 11 is 0. The van der Waals surface area contributed by atoms with E-state index >= 15 is 0 Å². The number of aryl methyl sites for hydroxylation is 1. The van der Waals surface area contributed by atoms with Crippen molar-refractivity contribution in [2.45, 2.75) is 26.3 Å². The van der Waals surface area contributed by atoms with Crippen LogP contribution in [0.15, 0.2) is 54.6 Å². The number of carbonyl (C=O) groups is 4. The Morgan fingerprint density at radius 3 is 2.26 bits per heavy atom. The lowest BCUT2D eigenvalue weighted by Crippen LogP contribution is -2.41. The predicted molar refractivity (Wildman–Crippen MR) is 125 cm³/mol. The Hall–Kier alpha value is -4.27. The van der Waals surface area contributed by atoms with Crippen molar-refractivity contribution in [2.75, 3.05) is 13.7 Å². The van der Waals surface area contributed by atoms with E-state index in [-0.39, 0.29) is 0 Å². The summed E-state index contributed by atoms with van der Waals surface area (Å²) in [6.45, 7) is 4.68. The van der Waals surface area contributed by atoms with Gasteiger partial charge in [0.05, 0.1) is 19.2 Å². The fraction of sp³-hybridized carbons (Fsp3) is 0.231. The molecule has 3 aromatic rings. The van der Waals surface area contributed by atoms with Crippen molar-refractivity contribution in [3.05, 3.63) is 88.5 Å². The van der Waals surface area contributed by atoms with E-state index in [4.69, 9.17) is 4.74 Å². The highest BCUT2D eigenvalue weighted by Crippen LogP contribution is 2.30. The van der Waals surface area contributed by atoms with Gasteiger partial charge in [0.25, 0.3) is 5.91 Å². The molecule has 1 atom stereocenters. The number of amides is 3. The van der Waals surface area contributed by atoms with E-state index in [2.05, 4.69) is 5.32 Å². The second kappa shape index (κ2) is 8.83. The first-order valence-electron chi connectivity index (χ1n) is 10.9. The van der Waals surface area contributed by atoms with Gasteiger partial charge in [-0.25, -0.2) is 14.0 Å². The SMILES string of the molecule is COC(=O)c1ccc(-n2c(C)cc(C(=O)CN3C(=O)N[C@@](C)(c4ccc(F)cc4)C3=O)c2C)cc1. The van der Waals surface area contributed by atoms with E-state index in [9.17, 15) is 23.6 Å². The van der Waals surface area contributed by atoms with Crippen molar-refractivity contribution in [2.24, 2.45) is 0 Å². The molecule has 8 nitrogen and oxygen atoms in total. The second-order valence-electron chi connectivity index (χ2n) is 8.54. The summed E-state index contributed by atoms with van der Waals surface area (Å²) in [5.41, 5.74) is 1.93. The Morgan fingerprint density at radius 2 is 1.66 bits per heavy atom. The lowest BCUT2D eigenvalue weighted by molar-refractivity contribution is -0.130. The summed E-state index contributed by atoms with van der Waals surface area (Å²) in [5, 5.41) is 2.62. The molecule has 1 saturated heterocycles. The van der Waals surface area contributed by atoms with Crippen LogP contribution in [-0.2, 0) is 15.1 Å². The molecular formula is C26H24FN3O5. The van der Waals surface area contributed by atoms with Crippen LogP contribution in [-0.4, -0.2) is 46.8 Å². The van der Waals surface area contributed by atoms with Crippen molar-refractivity contribution in [1.82, 2.24) is 14.8 Å². The third-order valence-electron chi connectivity index (χ3n) is 6.28. The van der Waals surface area contributed by atoms with E-state index in [0.717, 1.165) is 16.3 Å². The average Bonchev–Trinajstić information content (AvgIpc) is 3.26. The van der Waals surface area contributed by atoms with Gasteiger partial charge in [-0.15, -0.1) is 0 Å². The standard InChI is InChI=1S/C26H24FN3O5/c1-15-13-21(16(2)30(15)20-11-5-17(6-12-20)23(32)35-4)22(31)14-29-24(33)26(3,28-25(29)34)18-7-9-19(27)10-8-18/h5-13H,14H2,1-4H3,(H,28,34)/t26-/m0/s1. The highest BCUT2D eigenvalue weighted by atomic mass is 19.1. The number of benzene rings is 2. The van der Waals surface area contributed by atoms with Gasteiger partial charge < -0.3 is 14.6 Å². The normalized spacial score (nSPS) is 17.5. The van der Waals surface area contributed by atoms with Crippen molar-refractivity contribution in [3.8, 4) is 5.69 Å². The quantitative estimate of drug-likeness (QED) is 0.332. The van der Waals surface area contributed by atoms with Gasteiger partial charge in [-0.2, -0.15) is 0 Å². The summed E-state index contributed by atoms with van der Waals surface area (Å²) in [7, 11) is 1.31. The van der Waals surface area contributed by atoms with Crippen LogP contribution >= 0.6 is 0 Å². The summed E-state index contributed by atoms with van der Waals surface area (Å²) < 4.78 is 19.9. The van der Waals surface area contributed by atoms with Crippen molar-refractivity contribution in [3.63, 3.8) is 0 Å². The van der Waals surface area contributed by atoms with Crippen molar-refractivity contribution < 1.29 is 28.3 Å².